The number of rotatable bonds is 32. The average molecular weight is 749 g/mol. The maximum atomic E-state index is 12.4. The molecule has 1 aliphatic heterocycles. The summed E-state index contributed by atoms with van der Waals surface area (Å²) < 4.78 is 11.8. The molecule has 5 atom stereocenters. The number of hydrogen-bond acceptors (Lipinski definition) is 7. The largest absolute Gasteiger partial charge is 0.387 e. The van der Waals surface area contributed by atoms with Crippen molar-refractivity contribution in [1.29, 1.82) is 0 Å². The molecule has 1 rings (SSSR count). The molecule has 0 aromatic heterocycles. The van der Waals surface area contributed by atoms with Crippen LogP contribution in [0.25, 0.3) is 0 Å². The van der Waals surface area contributed by atoms with Crippen LogP contribution in [0.2, 0.25) is 0 Å². The third-order valence-electron chi connectivity index (χ3n) is 9.55. The summed E-state index contributed by atoms with van der Waals surface area (Å²) >= 11 is 0. The molecule has 2 amide bonds. The van der Waals surface area contributed by atoms with Gasteiger partial charge in [-0.1, -0.05) is 128 Å². The van der Waals surface area contributed by atoms with Crippen LogP contribution in [0.4, 0.5) is 0 Å². The van der Waals surface area contributed by atoms with Crippen molar-refractivity contribution in [1.82, 2.24) is 10.6 Å². The maximum Gasteiger partial charge on any atom is 0.275 e. The number of nitrogens with zero attached hydrogens (tertiary/aromatic N) is 1. The minimum absolute atomic E-state index is 0.141. The molecule has 0 radical (unpaired) electrons. The van der Waals surface area contributed by atoms with Gasteiger partial charge in [0.2, 0.25) is 0 Å². The van der Waals surface area contributed by atoms with E-state index in [0.29, 0.717) is 24.2 Å². The SMILES string of the molecule is CCCCCCCCO[C@@H]1O[C@H]([C@H](O)C(=O)NCCCCCCCCCCC#CC#CCCCCCCCCCCNC(=O)C[N+](C)(C)C)[C@H](O)[C@H]1O. The second kappa shape index (κ2) is 32.1. The number of carbonyl (C=O) groups is 2. The van der Waals surface area contributed by atoms with Crippen molar-refractivity contribution in [2.45, 2.75) is 192 Å². The molecule has 0 saturated carbocycles. The highest BCUT2D eigenvalue weighted by atomic mass is 16.7. The van der Waals surface area contributed by atoms with Gasteiger partial charge in [0.05, 0.1) is 21.1 Å². The third kappa shape index (κ3) is 27.1. The molecule has 10 heteroatoms. The molecule has 1 fully saturated rings. The van der Waals surface area contributed by atoms with Gasteiger partial charge in [0, 0.05) is 32.5 Å². The van der Waals surface area contributed by atoms with Crippen molar-refractivity contribution in [3.63, 3.8) is 0 Å². The summed E-state index contributed by atoms with van der Waals surface area (Å²) in [6, 6.07) is 0. The Labute approximate surface area is 323 Å². The normalized spacial score (nSPS) is 18.8. The summed E-state index contributed by atoms with van der Waals surface area (Å²) in [7, 11) is 6.09. The lowest BCUT2D eigenvalue weighted by Gasteiger charge is -2.22. The van der Waals surface area contributed by atoms with E-state index in [1.54, 1.807) is 0 Å². The number of quaternary nitrogens is 1. The van der Waals surface area contributed by atoms with Gasteiger partial charge in [-0.05, 0) is 43.9 Å². The van der Waals surface area contributed by atoms with Crippen molar-refractivity contribution in [2.75, 3.05) is 47.4 Å². The molecule has 0 unspecified atom stereocenters. The van der Waals surface area contributed by atoms with Gasteiger partial charge in [0.25, 0.3) is 11.8 Å². The monoisotopic (exact) mass is 749 g/mol. The molecule has 0 aliphatic carbocycles. The van der Waals surface area contributed by atoms with Gasteiger partial charge in [0.1, 0.15) is 18.3 Å². The minimum Gasteiger partial charge on any atom is -0.387 e. The van der Waals surface area contributed by atoms with Gasteiger partial charge < -0.3 is 39.9 Å². The van der Waals surface area contributed by atoms with Crippen molar-refractivity contribution in [3.05, 3.63) is 0 Å². The number of amides is 2. The van der Waals surface area contributed by atoms with Crippen LogP contribution in [-0.4, -0.2) is 110 Å². The topological polar surface area (TPSA) is 137 Å². The van der Waals surface area contributed by atoms with E-state index in [-0.39, 0.29) is 5.91 Å². The molecule has 5 N–H and O–H groups in total. The molecule has 0 aromatic carbocycles. The Balaban J connectivity index is 1.91. The van der Waals surface area contributed by atoms with Gasteiger partial charge in [-0.3, -0.25) is 9.59 Å². The first-order valence-corrected chi connectivity index (χ1v) is 21.2. The number of ether oxygens (including phenoxy) is 2. The fraction of sp³-hybridized carbons (Fsp3) is 0.860. The van der Waals surface area contributed by atoms with E-state index in [2.05, 4.69) is 41.2 Å². The van der Waals surface area contributed by atoms with E-state index >= 15 is 0 Å². The molecule has 53 heavy (non-hydrogen) atoms. The zero-order valence-corrected chi connectivity index (χ0v) is 34.1. The van der Waals surface area contributed by atoms with Crippen LogP contribution >= 0.6 is 0 Å². The van der Waals surface area contributed by atoms with Crippen LogP contribution in [0, 0.1) is 23.7 Å². The van der Waals surface area contributed by atoms with E-state index < -0.39 is 36.6 Å². The summed E-state index contributed by atoms with van der Waals surface area (Å²) in [5.41, 5.74) is 0. The fourth-order valence-corrected chi connectivity index (χ4v) is 6.34. The number of nitrogens with one attached hydrogen (secondary N) is 2. The van der Waals surface area contributed by atoms with Gasteiger partial charge in [0.15, 0.2) is 18.9 Å². The first-order valence-electron chi connectivity index (χ1n) is 21.2. The van der Waals surface area contributed by atoms with Crippen LogP contribution in [0.15, 0.2) is 0 Å². The summed E-state index contributed by atoms with van der Waals surface area (Å²) in [5.74, 6) is 11.9. The molecule has 10 nitrogen and oxygen atoms in total. The minimum atomic E-state index is -1.57. The van der Waals surface area contributed by atoms with Crippen molar-refractivity contribution in [3.8, 4) is 23.7 Å². The number of aliphatic hydroxyl groups excluding tert-OH is 3. The molecule has 1 aliphatic rings. The van der Waals surface area contributed by atoms with E-state index in [1.807, 2.05) is 21.1 Å². The summed E-state index contributed by atoms with van der Waals surface area (Å²) in [6.45, 7) is 4.34. The summed E-state index contributed by atoms with van der Waals surface area (Å²) in [6.07, 6.45) is 20.3. The van der Waals surface area contributed by atoms with Gasteiger partial charge in [-0.25, -0.2) is 0 Å². The molecule has 0 aromatic rings. The average Bonchev–Trinajstić information content (AvgIpc) is 3.40. The van der Waals surface area contributed by atoms with E-state index in [0.717, 1.165) is 83.6 Å². The van der Waals surface area contributed by atoms with Crippen molar-refractivity contribution >= 4 is 11.8 Å². The molecular formula is C43H78N3O7+. The Bertz CT molecular complexity index is 1060. The highest BCUT2D eigenvalue weighted by Gasteiger charge is 2.48. The number of unbranched alkanes of at least 4 members (excludes halogenated alkanes) is 21. The lowest BCUT2D eigenvalue weighted by Crippen LogP contribution is -2.47. The van der Waals surface area contributed by atoms with Crippen LogP contribution in [0.1, 0.15) is 161 Å². The molecule has 1 heterocycles. The number of hydrogen-bond donors (Lipinski definition) is 5. The fourth-order valence-electron chi connectivity index (χ4n) is 6.34. The smallest absolute Gasteiger partial charge is 0.275 e. The maximum absolute atomic E-state index is 12.4. The van der Waals surface area contributed by atoms with Crippen molar-refractivity contribution in [2.24, 2.45) is 0 Å². The molecule has 1 saturated heterocycles. The van der Waals surface area contributed by atoms with Crippen molar-refractivity contribution < 1.29 is 38.9 Å². The lowest BCUT2D eigenvalue weighted by atomic mass is 10.1. The summed E-state index contributed by atoms with van der Waals surface area (Å²) in [4.78, 5) is 24.3. The van der Waals surface area contributed by atoms with E-state index in [9.17, 15) is 24.9 Å². The van der Waals surface area contributed by atoms with Gasteiger partial charge in [-0.2, -0.15) is 0 Å². The first kappa shape index (κ1) is 48.8. The third-order valence-corrected chi connectivity index (χ3v) is 9.55. The zero-order chi connectivity index (χ0) is 39.0. The highest BCUT2D eigenvalue weighted by Crippen LogP contribution is 2.25. The predicted octanol–water partition coefficient (Wildman–Crippen LogP) is 6.14. The van der Waals surface area contributed by atoms with E-state index in [4.69, 9.17) is 9.47 Å². The molecule has 0 bridgehead atoms. The van der Waals surface area contributed by atoms with Crippen LogP contribution in [0.3, 0.4) is 0 Å². The van der Waals surface area contributed by atoms with Crippen LogP contribution < -0.4 is 10.6 Å². The number of likely N-dealkylation sites (N-methyl/N-ethyl adjacent to an activating group) is 1. The predicted molar refractivity (Wildman–Crippen MR) is 214 cm³/mol. The lowest BCUT2D eigenvalue weighted by molar-refractivity contribution is -0.862. The Morgan fingerprint density at radius 3 is 1.62 bits per heavy atom. The zero-order valence-electron chi connectivity index (χ0n) is 34.1. The molecule has 306 valence electrons. The van der Waals surface area contributed by atoms with Gasteiger partial charge in [-0.15, -0.1) is 0 Å². The standard InChI is InChI=1S/C43H77N3O7/c1-5-6-7-8-29-32-35-52-43-39(49)38(48)41(53-43)40(50)42(51)45-34-31-28-26-24-22-20-18-16-14-12-10-9-11-13-15-17-19-21-23-25-27-30-33-44-37(47)36-46(2,3)4/h38-41,43,48-50H,5-8,13-36H2,1-4H3,(H-,44,45,47,51)/p+1/t38-,39-,40+,41+,43-/m1/s1. The Hall–Kier alpha value is -2.18. The summed E-state index contributed by atoms with van der Waals surface area (Å²) in [5, 5.41) is 36.8. The Morgan fingerprint density at radius 1 is 0.660 bits per heavy atom. The quantitative estimate of drug-likeness (QED) is 0.0317. The Morgan fingerprint density at radius 2 is 1.11 bits per heavy atom. The van der Waals surface area contributed by atoms with E-state index in [1.165, 1.54) is 77.0 Å². The number of carbonyl (C=O) groups excluding carboxylic acids is 2. The van der Waals surface area contributed by atoms with Gasteiger partial charge >= 0.3 is 0 Å². The first-order chi connectivity index (χ1) is 25.6. The molecular weight excluding hydrogens is 670 g/mol. The van der Waals surface area contributed by atoms with Crippen LogP contribution in [-0.2, 0) is 19.1 Å². The Kier molecular flexibility index (Phi) is 29.6. The second-order valence-electron chi connectivity index (χ2n) is 15.9. The second-order valence-corrected chi connectivity index (χ2v) is 15.9. The molecule has 0 spiro atoms. The highest BCUT2D eigenvalue weighted by molar-refractivity contribution is 5.81. The number of aliphatic hydroxyl groups is 3. The van der Waals surface area contributed by atoms with Crippen LogP contribution in [0.5, 0.6) is 0 Å².